The van der Waals surface area contributed by atoms with Gasteiger partial charge < -0.3 is 9.47 Å². The van der Waals surface area contributed by atoms with Gasteiger partial charge in [0.2, 0.25) is 0 Å². The molecule has 0 N–H and O–H groups in total. The highest BCUT2D eigenvalue weighted by Gasteiger charge is 2.32. The molecule has 3 nitrogen and oxygen atoms in total. The lowest BCUT2D eigenvalue weighted by Crippen LogP contribution is -2.17. The predicted molar refractivity (Wildman–Crippen MR) is 56.4 cm³/mol. The zero-order valence-electron chi connectivity index (χ0n) is 9.41. The van der Waals surface area contributed by atoms with Crippen LogP contribution in [0.2, 0.25) is 0 Å². The summed E-state index contributed by atoms with van der Waals surface area (Å²) in [5.41, 5.74) is 0. The summed E-state index contributed by atoms with van der Waals surface area (Å²) in [6, 6.07) is 0. The molecule has 2 rings (SSSR count). The standard InChI is InChI=1S/C12H20O3/c1-2-14-12(13)10-5-6-11(7-10)15-8-9-3-4-9/h9-11H,2-8H2,1H3. The van der Waals surface area contributed by atoms with E-state index in [0.29, 0.717) is 12.7 Å². The smallest absolute Gasteiger partial charge is 0.309 e. The van der Waals surface area contributed by atoms with Crippen LogP contribution in [-0.2, 0) is 14.3 Å². The number of carbonyl (C=O) groups excluding carboxylic acids is 1. The molecule has 0 aromatic rings. The van der Waals surface area contributed by atoms with Crippen LogP contribution < -0.4 is 0 Å². The molecule has 2 aliphatic rings. The molecule has 0 bridgehead atoms. The lowest BCUT2D eigenvalue weighted by atomic mass is 10.1. The second-order valence-corrected chi connectivity index (χ2v) is 4.66. The van der Waals surface area contributed by atoms with E-state index in [9.17, 15) is 4.79 Å². The van der Waals surface area contributed by atoms with Gasteiger partial charge in [0.1, 0.15) is 0 Å². The van der Waals surface area contributed by atoms with Crippen molar-refractivity contribution in [2.24, 2.45) is 11.8 Å². The molecule has 0 amide bonds. The highest BCUT2D eigenvalue weighted by molar-refractivity contribution is 5.72. The third-order valence-electron chi connectivity index (χ3n) is 3.27. The summed E-state index contributed by atoms with van der Waals surface area (Å²) >= 11 is 0. The molecule has 2 atom stereocenters. The SMILES string of the molecule is CCOC(=O)C1CCC(OCC2CC2)C1. The molecule has 2 unspecified atom stereocenters. The molecule has 0 radical (unpaired) electrons. The van der Waals surface area contributed by atoms with Gasteiger partial charge in [-0.2, -0.15) is 0 Å². The Labute approximate surface area is 91.1 Å². The van der Waals surface area contributed by atoms with Gasteiger partial charge in [-0.3, -0.25) is 4.79 Å². The van der Waals surface area contributed by atoms with Crippen molar-refractivity contribution in [1.82, 2.24) is 0 Å². The van der Waals surface area contributed by atoms with Gasteiger partial charge in [-0.25, -0.2) is 0 Å². The topological polar surface area (TPSA) is 35.5 Å². The Morgan fingerprint density at radius 2 is 2.07 bits per heavy atom. The van der Waals surface area contributed by atoms with Crippen LogP contribution in [0.25, 0.3) is 0 Å². The largest absolute Gasteiger partial charge is 0.466 e. The van der Waals surface area contributed by atoms with Crippen molar-refractivity contribution in [3.05, 3.63) is 0 Å². The van der Waals surface area contributed by atoms with E-state index in [1.807, 2.05) is 6.92 Å². The summed E-state index contributed by atoms with van der Waals surface area (Å²) in [7, 11) is 0. The molecule has 0 aliphatic heterocycles. The number of hydrogen-bond donors (Lipinski definition) is 0. The van der Waals surface area contributed by atoms with Gasteiger partial charge in [-0.1, -0.05) is 0 Å². The number of carbonyl (C=O) groups is 1. The molecule has 0 aromatic heterocycles. The molecule has 2 fully saturated rings. The Morgan fingerprint density at radius 1 is 1.27 bits per heavy atom. The molecule has 0 heterocycles. The molecule has 3 heteroatoms. The number of esters is 1. The summed E-state index contributed by atoms with van der Waals surface area (Å²) in [5.74, 6) is 0.871. The Hall–Kier alpha value is -0.570. The first-order valence-electron chi connectivity index (χ1n) is 6.07. The van der Waals surface area contributed by atoms with Crippen LogP contribution in [-0.4, -0.2) is 25.3 Å². The molecular weight excluding hydrogens is 192 g/mol. The fourth-order valence-corrected chi connectivity index (χ4v) is 2.12. The van der Waals surface area contributed by atoms with Crippen molar-refractivity contribution in [2.75, 3.05) is 13.2 Å². The lowest BCUT2D eigenvalue weighted by molar-refractivity contribution is -0.148. The summed E-state index contributed by atoms with van der Waals surface area (Å²) in [6.45, 7) is 3.25. The first-order chi connectivity index (χ1) is 7.29. The van der Waals surface area contributed by atoms with Gasteiger partial charge >= 0.3 is 5.97 Å². The third kappa shape index (κ3) is 3.20. The number of rotatable bonds is 5. The Kier molecular flexibility index (Phi) is 3.62. The van der Waals surface area contributed by atoms with Crippen LogP contribution in [0.3, 0.4) is 0 Å². The van der Waals surface area contributed by atoms with Gasteiger partial charge in [0.25, 0.3) is 0 Å². The van der Waals surface area contributed by atoms with E-state index < -0.39 is 0 Å². The monoisotopic (exact) mass is 212 g/mol. The summed E-state index contributed by atoms with van der Waals surface area (Å²) in [5, 5.41) is 0. The van der Waals surface area contributed by atoms with E-state index in [4.69, 9.17) is 9.47 Å². The molecule has 2 saturated carbocycles. The van der Waals surface area contributed by atoms with Gasteiger partial charge in [-0.15, -0.1) is 0 Å². The molecule has 15 heavy (non-hydrogen) atoms. The van der Waals surface area contributed by atoms with E-state index >= 15 is 0 Å². The maximum Gasteiger partial charge on any atom is 0.309 e. The summed E-state index contributed by atoms with van der Waals surface area (Å²) in [4.78, 5) is 11.5. The van der Waals surface area contributed by atoms with Gasteiger partial charge in [0, 0.05) is 6.61 Å². The number of ether oxygens (including phenoxy) is 2. The fraction of sp³-hybridized carbons (Fsp3) is 0.917. The molecule has 0 aromatic carbocycles. The zero-order valence-corrected chi connectivity index (χ0v) is 9.41. The minimum absolute atomic E-state index is 0.0324. The zero-order chi connectivity index (χ0) is 10.7. The third-order valence-corrected chi connectivity index (χ3v) is 3.27. The second kappa shape index (κ2) is 4.97. The maximum absolute atomic E-state index is 11.5. The second-order valence-electron chi connectivity index (χ2n) is 4.66. The van der Waals surface area contributed by atoms with E-state index in [-0.39, 0.29) is 11.9 Å². The van der Waals surface area contributed by atoms with E-state index in [1.54, 1.807) is 0 Å². The first-order valence-corrected chi connectivity index (χ1v) is 6.07. The van der Waals surface area contributed by atoms with Crippen LogP contribution in [0.5, 0.6) is 0 Å². The highest BCUT2D eigenvalue weighted by atomic mass is 16.5. The van der Waals surface area contributed by atoms with Crippen LogP contribution >= 0.6 is 0 Å². The average Bonchev–Trinajstić information content (AvgIpc) is 2.93. The van der Waals surface area contributed by atoms with Gasteiger partial charge in [0.05, 0.1) is 18.6 Å². The maximum atomic E-state index is 11.5. The first kappa shape index (κ1) is 10.9. The minimum Gasteiger partial charge on any atom is -0.466 e. The van der Waals surface area contributed by atoms with Crippen LogP contribution in [0.1, 0.15) is 39.0 Å². The van der Waals surface area contributed by atoms with Crippen LogP contribution in [0, 0.1) is 11.8 Å². The normalized spacial score (nSPS) is 30.5. The average molecular weight is 212 g/mol. The van der Waals surface area contributed by atoms with Crippen LogP contribution in [0.15, 0.2) is 0 Å². The van der Waals surface area contributed by atoms with E-state index in [0.717, 1.165) is 31.8 Å². The van der Waals surface area contributed by atoms with Crippen LogP contribution in [0.4, 0.5) is 0 Å². The molecule has 2 aliphatic carbocycles. The van der Waals surface area contributed by atoms with E-state index in [2.05, 4.69) is 0 Å². The Bertz CT molecular complexity index is 223. The van der Waals surface area contributed by atoms with Crippen molar-refractivity contribution < 1.29 is 14.3 Å². The molecular formula is C12H20O3. The number of hydrogen-bond acceptors (Lipinski definition) is 3. The van der Waals surface area contributed by atoms with Crippen molar-refractivity contribution in [1.29, 1.82) is 0 Å². The molecule has 0 saturated heterocycles. The molecule has 86 valence electrons. The van der Waals surface area contributed by atoms with Crippen molar-refractivity contribution >= 4 is 5.97 Å². The Balaban J connectivity index is 1.66. The summed E-state index contributed by atoms with van der Waals surface area (Å²) in [6.07, 6.45) is 5.79. The van der Waals surface area contributed by atoms with E-state index in [1.165, 1.54) is 12.8 Å². The highest BCUT2D eigenvalue weighted by Crippen LogP contribution is 2.33. The van der Waals surface area contributed by atoms with Crippen molar-refractivity contribution in [2.45, 2.75) is 45.1 Å². The Morgan fingerprint density at radius 3 is 2.73 bits per heavy atom. The minimum atomic E-state index is -0.0324. The van der Waals surface area contributed by atoms with Crippen molar-refractivity contribution in [3.8, 4) is 0 Å². The fourth-order valence-electron chi connectivity index (χ4n) is 2.12. The quantitative estimate of drug-likeness (QED) is 0.655. The predicted octanol–water partition coefficient (Wildman–Crippen LogP) is 2.14. The summed E-state index contributed by atoms with van der Waals surface area (Å²) < 4.78 is 10.8. The molecule has 0 spiro atoms. The lowest BCUT2D eigenvalue weighted by Gasteiger charge is -2.11. The van der Waals surface area contributed by atoms with Crippen molar-refractivity contribution in [3.63, 3.8) is 0 Å². The van der Waals surface area contributed by atoms with Gasteiger partial charge in [-0.05, 0) is 44.9 Å². The van der Waals surface area contributed by atoms with Gasteiger partial charge in [0.15, 0.2) is 0 Å².